The van der Waals surface area contributed by atoms with E-state index in [4.69, 9.17) is 35.9 Å². The number of thiazole rings is 2. The Bertz CT molecular complexity index is 1000. The monoisotopic (exact) mass is 600 g/mol. The molecule has 0 bridgehead atoms. The van der Waals surface area contributed by atoms with Gasteiger partial charge < -0.3 is 14.6 Å². The largest absolute Gasteiger partial charge is 0.444 e. The molecule has 0 unspecified atom stereocenters. The fraction of sp³-hybridized carbons (Fsp3) is 0.556. The van der Waals surface area contributed by atoms with Gasteiger partial charge in [0.2, 0.25) is 9.23 Å². The first-order valence-electron chi connectivity index (χ1n) is 11.0. The van der Waals surface area contributed by atoms with E-state index in [2.05, 4.69) is 42.0 Å². The van der Waals surface area contributed by atoms with Gasteiger partial charge in [0.25, 0.3) is 0 Å². The van der Waals surface area contributed by atoms with Gasteiger partial charge >= 0.3 is 12.2 Å². The van der Waals surface area contributed by atoms with Gasteiger partial charge in [0, 0.05) is 41.4 Å². The first kappa shape index (κ1) is 25.9. The molecule has 0 atom stereocenters. The number of hydrogen-bond donors (Lipinski definition) is 3. The molecule has 2 aromatic rings. The summed E-state index contributed by atoms with van der Waals surface area (Å²) in [6.07, 6.45) is 1.15. The van der Waals surface area contributed by atoms with E-state index in [0.29, 0.717) is 0 Å². The van der Waals surface area contributed by atoms with Crippen molar-refractivity contribution in [2.24, 2.45) is 0 Å². The van der Waals surface area contributed by atoms with Crippen LogP contribution in [0.5, 0.6) is 0 Å². The number of carbonyl (C=O) groups excluding carboxylic acids is 2. The van der Waals surface area contributed by atoms with Crippen LogP contribution in [-0.2, 0) is 31.1 Å². The maximum Gasteiger partial charge on any atom is 0.413 e. The van der Waals surface area contributed by atoms with Crippen LogP contribution in [0.4, 0.5) is 19.9 Å². The van der Waals surface area contributed by atoms with Crippen molar-refractivity contribution in [3.63, 3.8) is 0 Å². The van der Waals surface area contributed by atoms with Crippen molar-refractivity contribution in [1.29, 1.82) is 0 Å². The van der Waals surface area contributed by atoms with Crippen LogP contribution in [0.1, 0.15) is 56.8 Å². The van der Waals surface area contributed by atoms with Crippen molar-refractivity contribution >= 4 is 87.3 Å². The summed E-state index contributed by atoms with van der Waals surface area (Å²) >= 11 is 7.28. The van der Waals surface area contributed by atoms with Crippen molar-refractivity contribution in [3.05, 3.63) is 22.1 Å². The number of amides is 2. The summed E-state index contributed by atoms with van der Waals surface area (Å²) in [7, 11) is 7.36. The number of hydrogen-bond acceptors (Lipinski definition) is 10. The summed E-state index contributed by atoms with van der Waals surface area (Å²) < 4.78 is 47.8. The van der Waals surface area contributed by atoms with E-state index in [9.17, 15) is 9.59 Å². The standard InChI is InChI=1S/C9H13ClN2O2S.C9H14N2O3S.Cl2OS/c1-9(2,3)14-8(13)12-7-11-5-6(4-10)15-7;1-9(2,3)14-8(13)11-7-10-4-6(5-12)15-7;1-4(2)3/h5H,4H2,1-3H3,(H,11,12,13);4,12H,5H2,1-3H3,(H,10,11,13);/i4D2;5D2;. The van der Waals surface area contributed by atoms with Crippen LogP contribution in [-0.4, -0.2) is 42.7 Å². The number of aliphatic hydroxyl groups is 1. The second-order valence-corrected chi connectivity index (χ2v) is 12.5. The first-order chi connectivity index (χ1) is 16.9. The Hall–Kier alpha value is -1.22. The molecule has 2 heterocycles. The van der Waals surface area contributed by atoms with Crippen LogP contribution in [0.2, 0.25) is 0 Å². The smallest absolute Gasteiger partial charge is 0.413 e. The second-order valence-electron chi connectivity index (χ2n) is 7.70. The average molecular weight is 602 g/mol. The fourth-order valence-corrected chi connectivity index (χ4v) is 2.90. The number of aromatic nitrogens is 2. The minimum absolute atomic E-state index is 0.0172. The maximum atomic E-state index is 11.4. The van der Waals surface area contributed by atoms with E-state index in [1.54, 1.807) is 41.5 Å². The lowest BCUT2D eigenvalue weighted by atomic mass is 10.2. The molecule has 2 aromatic heterocycles. The van der Waals surface area contributed by atoms with E-state index >= 15 is 0 Å². The van der Waals surface area contributed by atoms with E-state index in [0.717, 1.165) is 28.9 Å². The molecule has 10 nitrogen and oxygen atoms in total. The van der Waals surface area contributed by atoms with Gasteiger partial charge in [0.15, 0.2) is 10.3 Å². The van der Waals surface area contributed by atoms with Gasteiger partial charge in [0.05, 0.1) is 20.0 Å². The van der Waals surface area contributed by atoms with Gasteiger partial charge in [-0.1, -0.05) is 11.3 Å². The molecule has 0 aliphatic rings. The van der Waals surface area contributed by atoms with Gasteiger partial charge in [-0.25, -0.2) is 23.8 Å². The first-order valence-corrected chi connectivity index (χ1v) is 13.8. The molecular weight excluding hydrogens is 571 g/mol. The van der Waals surface area contributed by atoms with Crippen LogP contribution < -0.4 is 10.6 Å². The third-order valence-electron chi connectivity index (χ3n) is 2.43. The predicted molar refractivity (Wildman–Crippen MR) is 139 cm³/mol. The number of halogens is 3. The average Bonchev–Trinajstić information content (AvgIpc) is 3.27. The molecule has 0 spiro atoms. The predicted octanol–water partition coefficient (Wildman–Crippen LogP) is 6.25. The number of nitrogens with zero attached hydrogens (tertiary/aromatic N) is 2. The number of carbonyl (C=O) groups is 2. The zero-order valence-electron chi connectivity index (χ0n) is 22.9. The van der Waals surface area contributed by atoms with Crippen LogP contribution in [0.15, 0.2) is 12.4 Å². The minimum atomic E-state index is -2.45. The van der Waals surface area contributed by atoms with Gasteiger partial charge in [0.1, 0.15) is 11.2 Å². The molecule has 0 radical (unpaired) electrons. The summed E-state index contributed by atoms with van der Waals surface area (Å²) in [4.78, 5) is 30.6. The number of alkyl halides is 1. The van der Waals surface area contributed by atoms with E-state index in [-0.39, 0.29) is 20.0 Å². The Morgan fingerprint density at radius 2 is 1.35 bits per heavy atom. The van der Waals surface area contributed by atoms with Crippen LogP contribution >= 0.6 is 55.6 Å². The molecule has 2 rings (SSSR count). The third kappa shape index (κ3) is 18.2. The normalized spacial score (nSPS) is 13.5. The molecule has 0 saturated carbocycles. The lowest BCUT2D eigenvalue weighted by Crippen LogP contribution is -2.27. The summed E-state index contributed by atoms with van der Waals surface area (Å²) in [6.45, 7) is 7.97. The highest BCUT2D eigenvalue weighted by molar-refractivity contribution is 8.26. The lowest BCUT2D eigenvalue weighted by Gasteiger charge is -2.18. The SMILES string of the molecule is O=S(Cl)Cl.[2H]C([2H])(Cl)c1cnc(NC(=O)OC(C)(C)C)s1.[2H]C([2H])(O)c1cnc(NC(=O)OC(C)(C)C)s1. The Morgan fingerprint density at radius 3 is 1.62 bits per heavy atom. The highest BCUT2D eigenvalue weighted by atomic mass is 36.0. The van der Waals surface area contributed by atoms with E-state index in [1.165, 1.54) is 6.20 Å². The molecule has 194 valence electrons. The number of ether oxygens (including phenoxy) is 2. The Kier molecular flexibility index (Phi) is 11.9. The van der Waals surface area contributed by atoms with Crippen molar-refractivity contribution < 1.29 is 33.9 Å². The van der Waals surface area contributed by atoms with Crippen LogP contribution in [0.3, 0.4) is 0 Å². The molecule has 2 amide bonds. The second kappa shape index (κ2) is 15.7. The van der Waals surface area contributed by atoms with E-state index < -0.39 is 45.0 Å². The molecule has 34 heavy (non-hydrogen) atoms. The lowest BCUT2D eigenvalue weighted by molar-refractivity contribution is 0.0624. The van der Waals surface area contributed by atoms with Gasteiger partial charge in [-0.2, -0.15) is 0 Å². The van der Waals surface area contributed by atoms with Gasteiger partial charge in [-0.3, -0.25) is 10.6 Å². The van der Waals surface area contributed by atoms with Crippen LogP contribution in [0.25, 0.3) is 0 Å². The van der Waals surface area contributed by atoms with Crippen molar-refractivity contribution in [3.8, 4) is 0 Å². The van der Waals surface area contributed by atoms with Crippen LogP contribution in [0, 0.1) is 0 Å². The van der Waals surface area contributed by atoms with Gasteiger partial charge in [-0.15, -0.1) is 22.9 Å². The minimum Gasteiger partial charge on any atom is -0.444 e. The molecule has 0 aliphatic carbocycles. The number of anilines is 2. The van der Waals surface area contributed by atoms with Crippen molar-refractivity contribution in [1.82, 2.24) is 9.97 Å². The quantitative estimate of drug-likeness (QED) is 0.276. The highest BCUT2D eigenvalue weighted by Gasteiger charge is 2.18. The summed E-state index contributed by atoms with van der Waals surface area (Å²) in [5, 5.41) is 14.3. The summed E-state index contributed by atoms with van der Waals surface area (Å²) in [5.74, 6) is -1.98. The Labute approximate surface area is 228 Å². The highest BCUT2D eigenvalue weighted by Crippen LogP contribution is 2.20. The third-order valence-corrected chi connectivity index (χ3v) is 4.39. The summed E-state index contributed by atoms with van der Waals surface area (Å²) in [6, 6.07) is 0. The molecule has 0 aromatic carbocycles. The zero-order chi connectivity index (χ0) is 30.1. The maximum absolute atomic E-state index is 11.4. The Balaban J connectivity index is 0.000000632. The molecule has 16 heteroatoms. The molecule has 0 fully saturated rings. The molecule has 0 saturated heterocycles. The molecule has 3 N–H and O–H groups in total. The molecule has 0 aliphatic heterocycles. The van der Waals surface area contributed by atoms with Crippen molar-refractivity contribution in [2.75, 3.05) is 10.6 Å². The Morgan fingerprint density at radius 1 is 1.00 bits per heavy atom. The topological polar surface area (TPSA) is 140 Å². The van der Waals surface area contributed by atoms with Crippen molar-refractivity contribution in [2.45, 2.75) is 65.1 Å². The van der Waals surface area contributed by atoms with Gasteiger partial charge in [-0.05, 0) is 41.5 Å². The number of nitrogens with one attached hydrogen (secondary N) is 2. The molecular formula is C18H27Cl3N4O6S3. The zero-order valence-corrected chi connectivity index (χ0v) is 23.6. The number of rotatable bonds is 4. The van der Waals surface area contributed by atoms with E-state index in [1.807, 2.05) is 0 Å². The fourth-order valence-electron chi connectivity index (χ4n) is 1.54. The summed E-state index contributed by atoms with van der Waals surface area (Å²) in [5.41, 5.74) is -1.21.